The van der Waals surface area contributed by atoms with Crippen LogP contribution in [0.1, 0.15) is 15.9 Å². The molecular formula is C18H20ClF3N2O3. The topological polar surface area (TPSA) is 75.8 Å². The van der Waals surface area contributed by atoms with Crippen LogP contribution in [0.3, 0.4) is 0 Å². The standard InChI is InChI=1S/C18H19F3N2O3.ClH/c1-23(17(25)12-5-4-6-13(22)9-12)10-14(24)11-26-16-8-3-2-7-15(16)18(19,20)21;/h2-9,14,24H,10-11,22H2,1H3;1H. The Balaban J connectivity index is 0.00000364. The van der Waals surface area contributed by atoms with Gasteiger partial charge in [0.2, 0.25) is 0 Å². The van der Waals surface area contributed by atoms with E-state index in [1.54, 1.807) is 18.2 Å². The average Bonchev–Trinajstić information content (AvgIpc) is 2.58. The first kappa shape index (κ1) is 22.6. The molecule has 0 fully saturated rings. The number of carbonyl (C=O) groups excluding carboxylic acids is 1. The van der Waals surface area contributed by atoms with Crippen LogP contribution in [-0.4, -0.2) is 42.2 Å². The fourth-order valence-corrected chi connectivity index (χ4v) is 2.36. The zero-order valence-corrected chi connectivity index (χ0v) is 15.3. The van der Waals surface area contributed by atoms with Crippen molar-refractivity contribution in [2.45, 2.75) is 12.3 Å². The first-order chi connectivity index (χ1) is 12.2. The number of amides is 1. The fourth-order valence-electron chi connectivity index (χ4n) is 2.36. The van der Waals surface area contributed by atoms with E-state index in [-0.39, 0.29) is 37.2 Å². The van der Waals surface area contributed by atoms with Gasteiger partial charge in [-0.3, -0.25) is 4.79 Å². The minimum atomic E-state index is -4.55. The van der Waals surface area contributed by atoms with Crippen molar-refractivity contribution in [1.29, 1.82) is 0 Å². The van der Waals surface area contributed by atoms with Crippen LogP contribution >= 0.6 is 12.4 Å². The highest BCUT2D eigenvalue weighted by Gasteiger charge is 2.34. The number of nitrogens with zero attached hydrogens (tertiary/aromatic N) is 1. The van der Waals surface area contributed by atoms with Crippen LogP contribution in [0.15, 0.2) is 48.5 Å². The summed E-state index contributed by atoms with van der Waals surface area (Å²) in [6, 6.07) is 11.1. The molecule has 0 saturated heterocycles. The van der Waals surface area contributed by atoms with Gasteiger partial charge in [-0.2, -0.15) is 13.2 Å². The number of carbonyl (C=O) groups is 1. The first-order valence-corrected chi connectivity index (χ1v) is 7.76. The number of likely N-dealkylation sites (N-methyl/N-ethyl adjacent to an activating group) is 1. The molecule has 2 aromatic rings. The second-order valence-electron chi connectivity index (χ2n) is 5.77. The van der Waals surface area contributed by atoms with E-state index in [2.05, 4.69) is 0 Å². The summed E-state index contributed by atoms with van der Waals surface area (Å²) in [6.45, 7) is -0.497. The number of anilines is 1. The molecule has 0 saturated carbocycles. The first-order valence-electron chi connectivity index (χ1n) is 7.76. The van der Waals surface area contributed by atoms with Crippen LogP contribution in [0.2, 0.25) is 0 Å². The molecule has 27 heavy (non-hydrogen) atoms. The van der Waals surface area contributed by atoms with Crippen molar-refractivity contribution in [1.82, 2.24) is 4.90 Å². The highest BCUT2D eigenvalue weighted by molar-refractivity contribution is 5.94. The van der Waals surface area contributed by atoms with E-state index in [1.807, 2.05) is 0 Å². The lowest BCUT2D eigenvalue weighted by Gasteiger charge is -2.22. The van der Waals surface area contributed by atoms with E-state index in [1.165, 1.54) is 36.2 Å². The molecule has 2 rings (SSSR count). The predicted octanol–water partition coefficient (Wildman–Crippen LogP) is 3.22. The van der Waals surface area contributed by atoms with Crippen molar-refractivity contribution in [3.63, 3.8) is 0 Å². The highest BCUT2D eigenvalue weighted by atomic mass is 35.5. The maximum absolute atomic E-state index is 12.9. The Morgan fingerprint density at radius 2 is 1.89 bits per heavy atom. The number of para-hydroxylation sites is 1. The number of hydrogen-bond donors (Lipinski definition) is 2. The SMILES string of the molecule is CN(CC(O)COc1ccccc1C(F)(F)F)C(=O)c1cccc(N)c1.Cl. The van der Waals surface area contributed by atoms with E-state index in [4.69, 9.17) is 10.5 Å². The molecule has 3 N–H and O–H groups in total. The molecule has 0 aliphatic heterocycles. The fraction of sp³-hybridized carbons (Fsp3) is 0.278. The Morgan fingerprint density at radius 3 is 2.52 bits per heavy atom. The van der Waals surface area contributed by atoms with Gasteiger partial charge in [0.25, 0.3) is 5.91 Å². The lowest BCUT2D eigenvalue weighted by Crippen LogP contribution is -2.37. The molecule has 148 valence electrons. The number of nitrogens with two attached hydrogens (primary N) is 1. The van der Waals surface area contributed by atoms with Crippen molar-refractivity contribution in [2.75, 3.05) is 25.9 Å². The lowest BCUT2D eigenvalue weighted by molar-refractivity contribution is -0.139. The number of hydrogen-bond acceptors (Lipinski definition) is 4. The molecule has 1 amide bonds. The number of aliphatic hydroxyl groups is 1. The molecule has 0 bridgehead atoms. The third-order valence-electron chi connectivity index (χ3n) is 3.59. The summed E-state index contributed by atoms with van der Waals surface area (Å²) in [4.78, 5) is 13.5. The summed E-state index contributed by atoms with van der Waals surface area (Å²) in [5, 5.41) is 10.0. The van der Waals surface area contributed by atoms with E-state index < -0.39 is 17.8 Å². The molecular weight excluding hydrogens is 385 g/mol. The number of ether oxygens (including phenoxy) is 1. The van der Waals surface area contributed by atoms with Gasteiger partial charge < -0.3 is 20.5 Å². The smallest absolute Gasteiger partial charge is 0.419 e. The molecule has 0 aromatic heterocycles. The molecule has 0 aliphatic carbocycles. The van der Waals surface area contributed by atoms with Crippen LogP contribution in [0.4, 0.5) is 18.9 Å². The number of nitrogen functional groups attached to an aromatic ring is 1. The molecule has 0 aliphatic rings. The number of halogens is 4. The van der Waals surface area contributed by atoms with Gasteiger partial charge in [-0.25, -0.2) is 0 Å². The van der Waals surface area contributed by atoms with E-state index >= 15 is 0 Å². The van der Waals surface area contributed by atoms with Crippen LogP contribution in [-0.2, 0) is 6.18 Å². The van der Waals surface area contributed by atoms with E-state index in [0.717, 1.165) is 6.07 Å². The van der Waals surface area contributed by atoms with Gasteiger partial charge in [-0.05, 0) is 30.3 Å². The minimum Gasteiger partial charge on any atom is -0.490 e. The van der Waals surface area contributed by atoms with Gasteiger partial charge in [0, 0.05) is 24.8 Å². The second kappa shape index (κ2) is 9.48. The predicted molar refractivity (Wildman–Crippen MR) is 98.0 cm³/mol. The van der Waals surface area contributed by atoms with Gasteiger partial charge in [0.1, 0.15) is 18.5 Å². The summed E-state index contributed by atoms with van der Waals surface area (Å²) >= 11 is 0. The van der Waals surface area contributed by atoms with Crippen molar-refractivity contribution >= 4 is 24.0 Å². The van der Waals surface area contributed by atoms with Gasteiger partial charge >= 0.3 is 6.18 Å². The van der Waals surface area contributed by atoms with Crippen molar-refractivity contribution < 1.29 is 27.8 Å². The zero-order chi connectivity index (χ0) is 19.3. The summed E-state index contributed by atoms with van der Waals surface area (Å²) in [5.74, 6) is -0.740. The number of alkyl halides is 3. The Hall–Kier alpha value is -2.45. The third-order valence-corrected chi connectivity index (χ3v) is 3.59. The van der Waals surface area contributed by atoms with E-state index in [0.29, 0.717) is 11.3 Å². The molecule has 1 atom stereocenters. The van der Waals surface area contributed by atoms with Crippen LogP contribution in [0.5, 0.6) is 5.75 Å². The zero-order valence-electron chi connectivity index (χ0n) is 14.4. The van der Waals surface area contributed by atoms with Gasteiger partial charge in [-0.1, -0.05) is 18.2 Å². The molecule has 9 heteroatoms. The Kier molecular flexibility index (Phi) is 7.93. The van der Waals surface area contributed by atoms with Crippen LogP contribution in [0, 0.1) is 0 Å². The maximum Gasteiger partial charge on any atom is 0.419 e. The number of rotatable bonds is 6. The molecule has 0 radical (unpaired) electrons. The Labute approximate surface area is 160 Å². The number of benzene rings is 2. The quantitative estimate of drug-likeness (QED) is 0.725. The van der Waals surface area contributed by atoms with Crippen molar-refractivity contribution in [3.05, 3.63) is 59.7 Å². The van der Waals surface area contributed by atoms with Crippen LogP contribution in [0.25, 0.3) is 0 Å². The van der Waals surface area contributed by atoms with Gasteiger partial charge in [-0.15, -0.1) is 12.4 Å². The van der Waals surface area contributed by atoms with Gasteiger partial charge in [0.05, 0.1) is 5.56 Å². The average molecular weight is 405 g/mol. The van der Waals surface area contributed by atoms with E-state index in [9.17, 15) is 23.1 Å². The highest BCUT2D eigenvalue weighted by Crippen LogP contribution is 2.35. The summed E-state index contributed by atoms with van der Waals surface area (Å²) in [7, 11) is 1.47. The summed E-state index contributed by atoms with van der Waals surface area (Å²) < 4.78 is 43.8. The monoisotopic (exact) mass is 404 g/mol. The maximum atomic E-state index is 12.9. The molecule has 1 unspecified atom stereocenters. The molecule has 2 aromatic carbocycles. The summed E-state index contributed by atoms with van der Waals surface area (Å²) in [5.41, 5.74) is 5.48. The molecule has 0 heterocycles. The van der Waals surface area contributed by atoms with Crippen LogP contribution < -0.4 is 10.5 Å². The summed E-state index contributed by atoms with van der Waals surface area (Å²) in [6.07, 6.45) is -5.71. The second-order valence-corrected chi connectivity index (χ2v) is 5.77. The minimum absolute atomic E-state index is 0. The van der Waals surface area contributed by atoms with Gasteiger partial charge in [0.15, 0.2) is 0 Å². The molecule has 0 spiro atoms. The third kappa shape index (κ3) is 6.33. The largest absolute Gasteiger partial charge is 0.490 e. The number of aliphatic hydroxyl groups excluding tert-OH is 1. The van der Waals surface area contributed by atoms with Crippen molar-refractivity contribution in [2.24, 2.45) is 0 Å². The Morgan fingerprint density at radius 1 is 1.22 bits per heavy atom. The van der Waals surface area contributed by atoms with Crippen molar-refractivity contribution in [3.8, 4) is 5.75 Å². The normalized spacial score (nSPS) is 12.0. The molecule has 5 nitrogen and oxygen atoms in total. The Bertz CT molecular complexity index is 772. The lowest BCUT2D eigenvalue weighted by atomic mass is 10.1.